The van der Waals surface area contributed by atoms with Gasteiger partial charge in [0.1, 0.15) is 6.04 Å². The fourth-order valence-electron chi connectivity index (χ4n) is 3.34. The van der Waals surface area contributed by atoms with E-state index in [0.29, 0.717) is 25.2 Å². The molecular formula is C17H23N3O4S. The quantitative estimate of drug-likeness (QED) is 0.823. The van der Waals surface area contributed by atoms with Crippen LogP contribution in [0.1, 0.15) is 23.2 Å². The second kappa shape index (κ2) is 7.13. The van der Waals surface area contributed by atoms with E-state index in [0.717, 1.165) is 32.2 Å². The first-order valence-corrected chi connectivity index (χ1v) is 10.4. The van der Waals surface area contributed by atoms with Crippen molar-refractivity contribution in [1.29, 1.82) is 0 Å². The normalized spacial score (nSPS) is 21.4. The minimum absolute atomic E-state index is 0.0303. The average molecular weight is 365 g/mol. The summed E-state index contributed by atoms with van der Waals surface area (Å²) in [6, 6.07) is 5.47. The highest BCUT2D eigenvalue weighted by molar-refractivity contribution is 7.90. The molecule has 8 heteroatoms. The van der Waals surface area contributed by atoms with Gasteiger partial charge >= 0.3 is 0 Å². The molecule has 1 aromatic rings. The maximum absolute atomic E-state index is 12.9. The second-order valence-corrected chi connectivity index (χ2v) is 8.57. The molecule has 3 rings (SSSR count). The van der Waals surface area contributed by atoms with E-state index in [1.165, 1.54) is 12.1 Å². The molecule has 25 heavy (non-hydrogen) atoms. The first-order valence-electron chi connectivity index (χ1n) is 8.48. The maximum Gasteiger partial charge on any atom is 0.254 e. The third-order valence-electron chi connectivity index (χ3n) is 4.72. The maximum atomic E-state index is 12.9. The predicted molar refractivity (Wildman–Crippen MR) is 93.1 cm³/mol. The van der Waals surface area contributed by atoms with Crippen molar-refractivity contribution >= 4 is 21.7 Å². The Morgan fingerprint density at radius 1 is 1.16 bits per heavy atom. The molecule has 2 amide bonds. The zero-order valence-corrected chi connectivity index (χ0v) is 15.1. The van der Waals surface area contributed by atoms with Gasteiger partial charge in [0.05, 0.1) is 4.90 Å². The molecule has 0 bridgehead atoms. The van der Waals surface area contributed by atoms with Gasteiger partial charge in [0.2, 0.25) is 5.91 Å². The van der Waals surface area contributed by atoms with Crippen molar-refractivity contribution in [2.75, 3.05) is 39.0 Å². The Kier molecular flexibility index (Phi) is 5.10. The van der Waals surface area contributed by atoms with E-state index in [4.69, 9.17) is 0 Å². The number of hydrogen-bond acceptors (Lipinski definition) is 5. The molecule has 2 saturated heterocycles. The summed E-state index contributed by atoms with van der Waals surface area (Å²) in [4.78, 5) is 29.2. The Balaban J connectivity index is 1.85. The topological polar surface area (TPSA) is 86.8 Å². The lowest BCUT2D eigenvalue weighted by atomic mass is 10.1. The van der Waals surface area contributed by atoms with Gasteiger partial charge in [0, 0.05) is 44.5 Å². The summed E-state index contributed by atoms with van der Waals surface area (Å²) >= 11 is 0. The van der Waals surface area contributed by atoms with Crippen molar-refractivity contribution < 1.29 is 18.0 Å². The zero-order chi connectivity index (χ0) is 18.0. The number of benzene rings is 1. The Labute approximate surface area is 147 Å². The van der Waals surface area contributed by atoms with E-state index in [9.17, 15) is 18.0 Å². The Bertz CT molecular complexity index is 772. The molecule has 1 atom stereocenters. The lowest BCUT2D eigenvalue weighted by Gasteiger charge is -2.37. The van der Waals surface area contributed by atoms with Crippen LogP contribution in [-0.2, 0) is 14.6 Å². The van der Waals surface area contributed by atoms with Gasteiger partial charge in [0.25, 0.3) is 5.91 Å². The molecule has 0 aromatic heterocycles. The molecule has 0 radical (unpaired) electrons. The van der Waals surface area contributed by atoms with Gasteiger partial charge in [-0.3, -0.25) is 9.59 Å². The van der Waals surface area contributed by atoms with Crippen LogP contribution in [0.3, 0.4) is 0 Å². The van der Waals surface area contributed by atoms with Crippen LogP contribution in [0.4, 0.5) is 0 Å². The zero-order valence-electron chi connectivity index (χ0n) is 14.3. The first-order chi connectivity index (χ1) is 11.9. The van der Waals surface area contributed by atoms with Crippen LogP contribution in [-0.4, -0.2) is 75.1 Å². The fraction of sp³-hybridized carbons (Fsp3) is 0.529. The summed E-state index contributed by atoms with van der Waals surface area (Å²) in [6.45, 7) is 2.93. The molecule has 2 fully saturated rings. The molecular weight excluding hydrogens is 342 g/mol. The van der Waals surface area contributed by atoms with Crippen LogP contribution in [0.15, 0.2) is 29.2 Å². The number of carbonyl (C=O) groups is 2. The molecule has 136 valence electrons. The highest BCUT2D eigenvalue weighted by Gasteiger charge is 2.36. The lowest BCUT2D eigenvalue weighted by Crippen LogP contribution is -2.59. The van der Waals surface area contributed by atoms with E-state index in [1.54, 1.807) is 17.0 Å². The molecule has 2 aliphatic heterocycles. The van der Waals surface area contributed by atoms with Gasteiger partial charge in [-0.15, -0.1) is 0 Å². The predicted octanol–water partition coefficient (Wildman–Crippen LogP) is 0.127. The molecule has 1 unspecified atom stereocenters. The van der Waals surface area contributed by atoms with Crippen molar-refractivity contribution in [3.05, 3.63) is 29.8 Å². The third kappa shape index (κ3) is 3.85. The van der Waals surface area contributed by atoms with Gasteiger partial charge in [-0.05, 0) is 31.0 Å². The summed E-state index contributed by atoms with van der Waals surface area (Å²) in [6.07, 6.45) is 3.10. The lowest BCUT2D eigenvalue weighted by molar-refractivity contribution is -0.135. The van der Waals surface area contributed by atoms with Crippen LogP contribution >= 0.6 is 0 Å². The number of amides is 2. The van der Waals surface area contributed by atoms with E-state index < -0.39 is 15.9 Å². The molecule has 2 heterocycles. The highest BCUT2D eigenvalue weighted by Crippen LogP contribution is 2.18. The van der Waals surface area contributed by atoms with E-state index in [1.807, 2.05) is 4.90 Å². The van der Waals surface area contributed by atoms with Gasteiger partial charge in [-0.2, -0.15) is 0 Å². The molecule has 0 aliphatic carbocycles. The second-order valence-electron chi connectivity index (χ2n) is 6.55. The largest absolute Gasteiger partial charge is 0.341 e. The Hall–Kier alpha value is -1.93. The van der Waals surface area contributed by atoms with Crippen LogP contribution in [0.25, 0.3) is 0 Å². The fourth-order valence-corrected chi connectivity index (χ4v) is 4.01. The third-order valence-corrected chi connectivity index (χ3v) is 5.83. The Morgan fingerprint density at radius 3 is 2.56 bits per heavy atom. The Morgan fingerprint density at radius 2 is 1.88 bits per heavy atom. The molecule has 1 aromatic carbocycles. The van der Waals surface area contributed by atoms with Gasteiger partial charge in [0.15, 0.2) is 9.84 Å². The van der Waals surface area contributed by atoms with Crippen LogP contribution in [0, 0.1) is 0 Å². The van der Waals surface area contributed by atoms with Crippen molar-refractivity contribution in [3.8, 4) is 0 Å². The summed E-state index contributed by atoms with van der Waals surface area (Å²) in [5.41, 5.74) is 0.295. The number of carbonyl (C=O) groups excluding carboxylic acids is 2. The SMILES string of the molecule is CS(=O)(=O)c1cccc(C(=O)N2CCNCC2C(=O)N2CCCC2)c1. The van der Waals surface area contributed by atoms with Crippen molar-refractivity contribution in [1.82, 2.24) is 15.1 Å². The van der Waals surface area contributed by atoms with Crippen LogP contribution in [0.2, 0.25) is 0 Å². The number of sulfone groups is 1. The first kappa shape index (κ1) is 17.9. The minimum Gasteiger partial charge on any atom is -0.341 e. The standard InChI is InChI=1S/C17H23N3O4S/c1-25(23,24)14-6-4-5-13(11-14)16(21)20-10-7-18-12-15(20)17(22)19-8-2-3-9-19/h4-6,11,15,18H,2-3,7-10,12H2,1H3. The van der Waals surface area contributed by atoms with Crippen molar-refractivity contribution in [2.45, 2.75) is 23.8 Å². The molecule has 1 N–H and O–H groups in total. The molecule has 0 spiro atoms. The van der Waals surface area contributed by atoms with Crippen molar-refractivity contribution in [3.63, 3.8) is 0 Å². The van der Waals surface area contributed by atoms with Crippen molar-refractivity contribution in [2.24, 2.45) is 0 Å². The van der Waals surface area contributed by atoms with Gasteiger partial charge < -0.3 is 15.1 Å². The number of nitrogens with one attached hydrogen (secondary N) is 1. The summed E-state index contributed by atoms with van der Waals surface area (Å²) in [7, 11) is -3.39. The number of likely N-dealkylation sites (tertiary alicyclic amines) is 1. The van der Waals surface area contributed by atoms with E-state index in [2.05, 4.69) is 5.32 Å². The van der Waals surface area contributed by atoms with Crippen LogP contribution < -0.4 is 5.32 Å². The average Bonchev–Trinajstić information content (AvgIpc) is 3.14. The number of rotatable bonds is 3. The van der Waals surface area contributed by atoms with E-state index >= 15 is 0 Å². The minimum atomic E-state index is -3.39. The highest BCUT2D eigenvalue weighted by atomic mass is 32.2. The molecule has 0 saturated carbocycles. The van der Waals surface area contributed by atoms with E-state index in [-0.39, 0.29) is 16.7 Å². The monoisotopic (exact) mass is 365 g/mol. The molecule has 2 aliphatic rings. The van der Waals surface area contributed by atoms with Crippen LogP contribution in [0.5, 0.6) is 0 Å². The summed E-state index contributed by atoms with van der Waals surface area (Å²) in [5.74, 6) is -0.332. The number of hydrogen-bond donors (Lipinski definition) is 1. The summed E-state index contributed by atoms with van der Waals surface area (Å²) in [5, 5.41) is 3.17. The van der Waals surface area contributed by atoms with Gasteiger partial charge in [-0.25, -0.2) is 8.42 Å². The number of nitrogens with zero attached hydrogens (tertiary/aromatic N) is 2. The summed E-state index contributed by atoms with van der Waals surface area (Å²) < 4.78 is 23.5. The molecule has 7 nitrogen and oxygen atoms in total. The van der Waals surface area contributed by atoms with Gasteiger partial charge in [-0.1, -0.05) is 6.07 Å². The number of piperazine rings is 1. The smallest absolute Gasteiger partial charge is 0.254 e.